The van der Waals surface area contributed by atoms with Gasteiger partial charge in [-0.05, 0) is 80.2 Å². The maximum atomic E-state index is 12.7. The molecule has 1 unspecified atom stereocenters. The molecular weight excluding hydrogens is 418 g/mol. The molecule has 5 rings (SSSR count). The van der Waals surface area contributed by atoms with Crippen molar-refractivity contribution in [3.63, 3.8) is 0 Å². The van der Waals surface area contributed by atoms with E-state index in [4.69, 9.17) is 4.74 Å². The molecule has 8 heteroatoms. The normalized spacial score (nSPS) is 24.3. The van der Waals surface area contributed by atoms with Gasteiger partial charge in [0.05, 0.1) is 19.0 Å². The molecule has 172 valence electrons. The van der Waals surface area contributed by atoms with Crippen molar-refractivity contribution in [3.05, 3.63) is 36.5 Å². The van der Waals surface area contributed by atoms with Crippen molar-refractivity contribution < 1.29 is 14.6 Å². The monoisotopic (exact) mass is 447 g/mol. The molecule has 2 fully saturated rings. The van der Waals surface area contributed by atoms with Gasteiger partial charge in [-0.3, -0.25) is 5.32 Å². The van der Waals surface area contributed by atoms with Crippen LogP contribution in [0.3, 0.4) is 0 Å². The molecule has 3 N–H and O–H groups in total. The number of ether oxygens (including phenoxy) is 1. The van der Waals surface area contributed by atoms with Gasteiger partial charge in [-0.2, -0.15) is 0 Å². The maximum absolute atomic E-state index is 12.7. The predicted octanol–water partition coefficient (Wildman–Crippen LogP) is 4.74. The highest BCUT2D eigenvalue weighted by Gasteiger charge is 2.36. The molecule has 2 bridgehead atoms. The highest BCUT2D eigenvalue weighted by molar-refractivity contribution is 5.89. The molecule has 1 aromatic carbocycles. The van der Waals surface area contributed by atoms with E-state index < -0.39 is 0 Å². The van der Waals surface area contributed by atoms with Crippen molar-refractivity contribution >= 4 is 23.0 Å². The average Bonchev–Trinajstić information content (AvgIpc) is 2.80. The van der Waals surface area contributed by atoms with Crippen LogP contribution in [-0.4, -0.2) is 39.2 Å². The summed E-state index contributed by atoms with van der Waals surface area (Å²) in [6.07, 6.45) is 7.52. The number of nitrogens with zero attached hydrogens (tertiary/aromatic N) is 3. The standard InChI is InChI=1S/C25H29N5O3/c1-14-9-15-3-5-19(17(10-14)11-15)28-25(32)30-23-13-26-20-7-6-18(27-24(20)29-23)16-4-8-21(31)22(12-16)33-2/h4,6-8,12-15,17,19,31H,3,5,9-11H2,1-2H3,(H2,27,28,29,30,32)/t14-,15+,17-,19?/m0/s1. The van der Waals surface area contributed by atoms with Gasteiger partial charge in [0, 0.05) is 11.6 Å². The number of phenolic OH excluding ortho intramolecular Hbond substituents is 1. The number of amides is 2. The molecule has 3 aromatic rings. The van der Waals surface area contributed by atoms with E-state index in [1.807, 2.05) is 12.1 Å². The van der Waals surface area contributed by atoms with Crippen molar-refractivity contribution in [2.24, 2.45) is 17.8 Å². The molecule has 2 saturated carbocycles. The number of carbonyl (C=O) groups excluding carboxylic acids is 1. The highest BCUT2D eigenvalue weighted by Crippen LogP contribution is 2.42. The van der Waals surface area contributed by atoms with Gasteiger partial charge >= 0.3 is 6.03 Å². The number of carbonyl (C=O) groups is 1. The molecule has 2 heterocycles. The van der Waals surface area contributed by atoms with Gasteiger partial charge in [0.15, 0.2) is 23.0 Å². The Kier molecular flexibility index (Phi) is 5.74. The molecule has 2 aliphatic carbocycles. The third kappa shape index (κ3) is 4.55. The fraction of sp³-hybridized carbons (Fsp3) is 0.440. The van der Waals surface area contributed by atoms with Crippen LogP contribution in [0.1, 0.15) is 39.0 Å². The number of phenols is 1. The Morgan fingerprint density at radius 2 is 2.00 bits per heavy atom. The summed E-state index contributed by atoms with van der Waals surface area (Å²) in [5.74, 6) is 2.91. The Morgan fingerprint density at radius 1 is 1.12 bits per heavy atom. The van der Waals surface area contributed by atoms with Crippen LogP contribution in [0.25, 0.3) is 22.4 Å². The Labute approximate surface area is 192 Å². The van der Waals surface area contributed by atoms with Gasteiger partial charge < -0.3 is 15.2 Å². The first-order chi connectivity index (χ1) is 16.0. The first kappa shape index (κ1) is 21.4. The van der Waals surface area contributed by atoms with Gasteiger partial charge in [-0.1, -0.05) is 6.92 Å². The maximum Gasteiger partial charge on any atom is 0.320 e. The second kappa shape index (κ2) is 8.84. The smallest absolute Gasteiger partial charge is 0.320 e. The number of anilines is 1. The second-order valence-corrected chi connectivity index (χ2v) is 9.40. The van der Waals surface area contributed by atoms with Crippen molar-refractivity contribution in [3.8, 4) is 22.8 Å². The van der Waals surface area contributed by atoms with Crippen LogP contribution in [0.4, 0.5) is 10.6 Å². The van der Waals surface area contributed by atoms with Crippen molar-refractivity contribution in [2.75, 3.05) is 12.4 Å². The first-order valence-electron chi connectivity index (χ1n) is 11.6. The summed E-state index contributed by atoms with van der Waals surface area (Å²) in [6, 6.07) is 8.68. The summed E-state index contributed by atoms with van der Waals surface area (Å²) in [5, 5.41) is 15.8. The van der Waals surface area contributed by atoms with E-state index in [1.54, 1.807) is 24.4 Å². The Bertz CT molecular complexity index is 1180. The van der Waals surface area contributed by atoms with E-state index in [-0.39, 0.29) is 17.8 Å². The number of pyridine rings is 1. The fourth-order valence-electron chi connectivity index (χ4n) is 5.48. The minimum Gasteiger partial charge on any atom is -0.504 e. The van der Waals surface area contributed by atoms with Gasteiger partial charge in [0.1, 0.15) is 5.52 Å². The Morgan fingerprint density at radius 3 is 2.85 bits per heavy atom. The number of benzene rings is 1. The van der Waals surface area contributed by atoms with Crippen LogP contribution in [0, 0.1) is 17.8 Å². The largest absolute Gasteiger partial charge is 0.504 e. The van der Waals surface area contributed by atoms with Crippen LogP contribution < -0.4 is 15.4 Å². The lowest BCUT2D eigenvalue weighted by Gasteiger charge is -2.43. The summed E-state index contributed by atoms with van der Waals surface area (Å²) in [4.78, 5) is 26.2. The summed E-state index contributed by atoms with van der Waals surface area (Å²) in [6.45, 7) is 2.32. The molecule has 0 radical (unpaired) electrons. The minimum absolute atomic E-state index is 0.0653. The zero-order chi connectivity index (χ0) is 22.9. The van der Waals surface area contributed by atoms with Crippen LogP contribution in [0.5, 0.6) is 11.5 Å². The lowest BCUT2D eigenvalue weighted by Crippen LogP contribution is -2.47. The minimum atomic E-state index is -0.246. The Hall–Kier alpha value is -3.42. The number of rotatable bonds is 4. The van der Waals surface area contributed by atoms with Crippen molar-refractivity contribution in [1.82, 2.24) is 20.3 Å². The third-order valence-corrected chi connectivity index (χ3v) is 6.97. The summed E-state index contributed by atoms with van der Waals surface area (Å²) in [7, 11) is 1.50. The number of hydrogen-bond donors (Lipinski definition) is 3. The van der Waals surface area contributed by atoms with E-state index >= 15 is 0 Å². The van der Waals surface area contributed by atoms with Crippen molar-refractivity contribution in [2.45, 2.75) is 45.1 Å². The average molecular weight is 448 g/mol. The zero-order valence-electron chi connectivity index (χ0n) is 18.9. The van der Waals surface area contributed by atoms with Gasteiger partial charge in [0.2, 0.25) is 0 Å². The van der Waals surface area contributed by atoms with Crippen LogP contribution in [0.15, 0.2) is 36.5 Å². The van der Waals surface area contributed by atoms with Crippen LogP contribution in [0.2, 0.25) is 0 Å². The lowest BCUT2D eigenvalue weighted by molar-refractivity contribution is 0.113. The fourth-order valence-corrected chi connectivity index (χ4v) is 5.48. The molecule has 2 amide bonds. The molecule has 2 aromatic heterocycles. The molecule has 4 atom stereocenters. The zero-order valence-corrected chi connectivity index (χ0v) is 18.9. The molecule has 33 heavy (non-hydrogen) atoms. The van der Waals surface area contributed by atoms with Crippen molar-refractivity contribution in [1.29, 1.82) is 0 Å². The molecule has 0 spiro atoms. The summed E-state index contributed by atoms with van der Waals surface area (Å²) in [5.41, 5.74) is 2.51. The second-order valence-electron chi connectivity index (χ2n) is 9.40. The molecule has 2 aliphatic rings. The number of fused-ring (bicyclic) bond motifs is 3. The summed E-state index contributed by atoms with van der Waals surface area (Å²) >= 11 is 0. The SMILES string of the molecule is COc1cc(-c2ccc3ncc(NC(=O)NC4CC[C@@H]5C[C@H](C)C[C@H]4C5)nc3n2)ccc1O. The van der Waals surface area contributed by atoms with Crippen LogP contribution in [-0.2, 0) is 0 Å². The number of methoxy groups -OCH3 is 1. The Balaban J connectivity index is 1.31. The molecule has 0 saturated heterocycles. The van der Waals surface area contributed by atoms with Crippen LogP contribution >= 0.6 is 0 Å². The molecule has 0 aliphatic heterocycles. The quantitative estimate of drug-likeness (QED) is 0.533. The van der Waals surface area contributed by atoms with Gasteiger partial charge in [-0.25, -0.2) is 19.7 Å². The van der Waals surface area contributed by atoms with E-state index in [2.05, 4.69) is 32.5 Å². The number of urea groups is 1. The summed E-state index contributed by atoms with van der Waals surface area (Å²) < 4.78 is 5.19. The predicted molar refractivity (Wildman–Crippen MR) is 126 cm³/mol. The van der Waals surface area contributed by atoms with E-state index in [0.717, 1.165) is 23.8 Å². The molecular formula is C25H29N5O3. The topological polar surface area (TPSA) is 109 Å². The molecule has 8 nitrogen and oxygen atoms in total. The lowest BCUT2D eigenvalue weighted by atomic mass is 9.66. The number of nitrogens with one attached hydrogen (secondary N) is 2. The van der Waals surface area contributed by atoms with E-state index in [9.17, 15) is 9.90 Å². The highest BCUT2D eigenvalue weighted by atomic mass is 16.5. The first-order valence-corrected chi connectivity index (χ1v) is 11.6. The number of aromatic hydroxyl groups is 1. The van der Waals surface area contributed by atoms with Gasteiger partial charge in [-0.15, -0.1) is 0 Å². The third-order valence-electron chi connectivity index (χ3n) is 6.97. The van der Waals surface area contributed by atoms with E-state index in [0.29, 0.717) is 34.3 Å². The number of hydrogen-bond acceptors (Lipinski definition) is 6. The number of aromatic nitrogens is 3. The van der Waals surface area contributed by atoms with E-state index in [1.165, 1.54) is 32.8 Å². The van der Waals surface area contributed by atoms with Gasteiger partial charge in [0.25, 0.3) is 0 Å².